The van der Waals surface area contributed by atoms with Crippen LogP contribution < -0.4 is 0 Å². The van der Waals surface area contributed by atoms with E-state index in [1.54, 1.807) is 0 Å². The van der Waals surface area contributed by atoms with E-state index in [2.05, 4.69) is 37.9 Å². The molecule has 2 unspecified atom stereocenters. The number of hydrogen-bond acceptors (Lipinski definition) is 3. The maximum absolute atomic E-state index is 10.5. The standard InChI is InChI=1S/C16H28N2O/c1-5-15(18(4)13-9-12-17(2)3)16(19)14-10-7-6-8-11-14/h6-8,10-11,15-16,19H,5,9,12-13H2,1-4H3. The van der Waals surface area contributed by atoms with Crippen molar-refractivity contribution in [2.75, 3.05) is 34.2 Å². The van der Waals surface area contributed by atoms with E-state index in [1.165, 1.54) is 0 Å². The van der Waals surface area contributed by atoms with Gasteiger partial charge < -0.3 is 14.9 Å². The lowest BCUT2D eigenvalue weighted by Crippen LogP contribution is -2.37. The zero-order chi connectivity index (χ0) is 14.3. The van der Waals surface area contributed by atoms with E-state index in [-0.39, 0.29) is 6.04 Å². The van der Waals surface area contributed by atoms with E-state index in [1.807, 2.05) is 30.3 Å². The number of likely N-dealkylation sites (N-methyl/N-ethyl adjacent to an activating group) is 1. The molecule has 0 saturated carbocycles. The molecule has 0 saturated heterocycles. The van der Waals surface area contributed by atoms with Crippen LogP contribution in [0.4, 0.5) is 0 Å². The molecule has 0 aliphatic carbocycles. The quantitative estimate of drug-likeness (QED) is 0.781. The summed E-state index contributed by atoms with van der Waals surface area (Å²) in [5.41, 5.74) is 1.01. The molecular formula is C16H28N2O. The van der Waals surface area contributed by atoms with Crippen LogP contribution in [-0.2, 0) is 0 Å². The fourth-order valence-corrected chi connectivity index (χ4v) is 2.45. The first kappa shape index (κ1) is 16.2. The van der Waals surface area contributed by atoms with Gasteiger partial charge in [-0.1, -0.05) is 37.3 Å². The maximum atomic E-state index is 10.5. The molecule has 0 aliphatic heterocycles. The van der Waals surface area contributed by atoms with Crippen LogP contribution in [0.3, 0.4) is 0 Å². The number of nitrogens with zero attached hydrogens (tertiary/aromatic N) is 2. The van der Waals surface area contributed by atoms with Crippen LogP contribution in [0.2, 0.25) is 0 Å². The highest BCUT2D eigenvalue weighted by Gasteiger charge is 2.22. The van der Waals surface area contributed by atoms with Gasteiger partial charge in [-0.25, -0.2) is 0 Å². The summed E-state index contributed by atoms with van der Waals surface area (Å²) in [6.07, 6.45) is 1.67. The summed E-state index contributed by atoms with van der Waals surface area (Å²) < 4.78 is 0. The molecule has 0 bridgehead atoms. The van der Waals surface area contributed by atoms with Crippen molar-refractivity contribution in [3.05, 3.63) is 35.9 Å². The Labute approximate surface area is 117 Å². The molecule has 0 heterocycles. The third-order valence-electron chi connectivity index (χ3n) is 3.61. The van der Waals surface area contributed by atoms with Gasteiger partial charge in [0.25, 0.3) is 0 Å². The maximum Gasteiger partial charge on any atom is 0.0944 e. The first-order valence-electron chi connectivity index (χ1n) is 7.14. The van der Waals surface area contributed by atoms with Crippen molar-refractivity contribution in [3.8, 4) is 0 Å². The van der Waals surface area contributed by atoms with Gasteiger partial charge in [-0.2, -0.15) is 0 Å². The smallest absolute Gasteiger partial charge is 0.0944 e. The summed E-state index contributed by atoms with van der Waals surface area (Å²) in [7, 11) is 6.29. The second-order valence-corrected chi connectivity index (χ2v) is 5.47. The summed E-state index contributed by atoms with van der Waals surface area (Å²) in [6.45, 7) is 4.24. The highest BCUT2D eigenvalue weighted by molar-refractivity contribution is 5.18. The topological polar surface area (TPSA) is 26.7 Å². The molecule has 1 aromatic carbocycles. The number of aliphatic hydroxyl groups is 1. The zero-order valence-electron chi connectivity index (χ0n) is 12.7. The van der Waals surface area contributed by atoms with Gasteiger partial charge >= 0.3 is 0 Å². The summed E-state index contributed by atoms with van der Waals surface area (Å²) in [4.78, 5) is 4.48. The van der Waals surface area contributed by atoms with Crippen molar-refractivity contribution in [1.82, 2.24) is 9.80 Å². The average molecular weight is 264 g/mol. The molecule has 0 spiro atoms. The van der Waals surface area contributed by atoms with Crippen LogP contribution >= 0.6 is 0 Å². The van der Waals surface area contributed by atoms with Gasteiger partial charge in [0.2, 0.25) is 0 Å². The van der Waals surface area contributed by atoms with Crippen LogP contribution in [0, 0.1) is 0 Å². The lowest BCUT2D eigenvalue weighted by Gasteiger charge is -2.31. The molecular weight excluding hydrogens is 236 g/mol. The van der Waals surface area contributed by atoms with Crippen LogP contribution in [0.1, 0.15) is 31.4 Å². The fraction of sp³-hybridized carbons (Fsp3) is 0.625. The van der Waals surface area contributed by atoms with E-state index in [0.717, 1.165) is 31.5 Å². The summed E-state index contributed by atoms with van der Waals surface area (Å²) in [5.74, 6) is 0. The SMILES string of the molecule is CCC(C(O)c1ccccc1)N(C)CCCN(C)C. The zero-order valence-corrected chi connectivity index (χ0v) is 12.7. The van der Waals surface area contributed by atoms with Crippen molar-refractivity contribution >= 4 is 0 Å². The van der Waals surface area contributed by atoms with E-state index in [9.17, 15) is 5.11 Å². The molecule has 3 nitrogen and oxygen atoms in total. The fourth-order valence-electron chi connectivity index (χ4n) is 2.45. The van der Waals surface area contributed by atoms with Gasteiger partial charge in [0.15, 0.2) is 0 Å². The Morgan fingerprint density at radius 1 is 1.05 bits per heavy atom. The van der Waals surface area contributed by atoms with Crippen molar-refractivity contribution in [2.24, 2.45) is 0 Å². The highest BCUT2D eigenvalue weighted by Crippen LogP contribution is 2.22. The Hall–Kier alpha value is -0.900. The first-order chi connectivity index (χ1) is 9.06. The molecule has 19 heavy (non-hydrogen) atoms. The van der Waals surface area contributed by atoms with Crippen molar-refractivity contribution < 1.29 is 5.11 Å². The third kappa shape index (κ3) is 5.31. The number of rotatable bonds is 8. The Morgan fingerprint density at radius 2 is 1.68 bits per heavy atom. The van der Waals surface area contributed by atoms with Gasteiger partial charge in [-0.15, -0.1) is 0 Å². The lowest BCUT2D eigenvalue weighted by atomic mass is 9.99. The Kier molecular flexibility index (Phi) is 7.06. The predicted molar refractivity (Wildman–Crippen MR) is 81.3 cm³/mol. The van der Waals surface area contributed by atoms with Crippen LogP contribution in [-0.4, -0.2) is 55.2 Å². The third-order valence-corrected chi connectivity index (χ3v) is 3.61. The van der Waals surface area contributed by atoms with Gasteiger partial charge in [0.05, 0.1) is 6.10 Å². The molecule has 0 radical (unpaired) electrons. The monoisotopic (exact) mass is 264 g/mol. The minimum Gasteiger partial charge on any atom is -0.387 e. The van der Waals surface area contributed by atoms with Gasteiger partial charge in [0, 0.05) is 6.04 Å². The highest BCUT2D eigenvalue weighted by atomic mass is 16.3. The lowest BCUT2D eigenvalue weighted by molar-refractivity contribution is 0.0587. The van der Waals surface area contributed by atoms with E-state index < -0.39 is 6.10 Å². The molecule has 1 rings (SSSR count). The molecule has 1 aromatic rings. The predicted octanol–water partition coefficient (Wildman–Crippen LogP) is 2.38. The van der Waals surface area contributed by atoms with Gasteiger partial charge in [0.1, 0.15) is 0 Å². The Bertz CT molecular complexity index is 340. The first-order valence-corrected chi connectivity index (χ1v) is 7.14. The second kappa shape index (κ2) is 8.31. The minimum atomic E-state index is -0.407. The minimum absolute atomic E-state index is 0.185. The molecule has 3 heteroatoms. The van der Waals surface area contributed by atoms with E-state index in [4.69, 9.17) is 0 Å². The molecule has 2 atom stereocenters. The molecule has 0 aliphatic rings. The van der Waals surface area contributed by atoms with Crippen LogP contribution in [0.5, 0.6) is 0 Å². The average Bonchev–Trinajstić information content (AvgIpc) is 2.40. The van der Waals surface area contributed by atoms with Crippen molar-refractivity contribution in [1.29, 1.82) is 0 Å². The van der Waals surface area contributed by atoms with Gasteiger partial charge in [-0.05, 0) is 52.6 Å². The molecule has 0 amide bonds. The number of benzene rings is 1. The summed E-state index contributed by atoms with van der Waals surface area (Å²) in [5, 5.41) is 10.5. The Balaban J connectivity index is 2.56. The van der Waals surface area contributed by atoms with E-state index >= 15 is 0 Å². The van der Waals surface area contributed by atoms with E-state index in [0.29, 0.717) is 0 Å². The summed E-state index contributed by atoms with van der Waals surface area (Å²) in [6, 6.07) is 10.1. The normalized spacial score (nSPS) is 14.9. The van der Waals surface area contributed by atoms with Crippen molar-refractivity contribution in [2.45, 2.75) is 31.9 Å². The number of aliphatic hydroxyl groups excluding tert-OH is 1. The molecule has 0 fully saturated rings. The molecule has 108 valence electrons. The number of hydrogen-bond donors (Lipinski definition) is 1. The van der Waals surface area contributed by atoms with Crippen LogP contribution in [0.15, 0.2) is 30.3 Å². The molecule has 1 N–H and O–H groups in total. The molecule has 0 aromatic heterocycles. The van der Waals surface area contributed by atoms with Crippen molar-refractivity contribution in [3.63, 3.8) is 0 Å². The Morgan fingerprint density at radius 3 is 2.21 bits per heavy atom. The second-order valence-electron chi connectivity index (χ2n) is 5.47. The largest absolute Gasteiger partial charge is 0.387 e. The van der Waals surface area contributed by atoms with Crippen LogP contribution in [0.25, 0.3) is 0 Å². The summed E-state index contributed by atoms with van der Waals surface area (Å²) >= 11 is 0. The van der Waals surface area contributed by atoms with Gasteiger partial charge in [-0.3, -0.25) is 0 Å².